The number of fused-ring (bicyclic) bond motifs is 5. The third kappa shape index (κ3) is 4.74. The molecule has 0 aliphatic rings. The van der Waals surface area contributed by atoms with Gasteiger partial charge in [0.15, 0.2) is 0 Å². The Morgan fingerprint density at radius 3 is 1.42 bits per heavy atom. The van der Waals surface area contributed by atoms with Crippen LogP contribution in [0, 0.1) is 0 Å². The molecule has 0 atom stereocenters. The Balaban J connectivity index is 1.26. The average Bonchev–Trinajstić information content (AvgIpc) is 3.52. The molecule has 0 N–H and O–H groups in total. The largest absolute Gasteiger partial charge is 0.310 e. The normalized spacial score (nSPS) is 11.3. The summed E-state index contributed by atoms with van der Waals surface area (Å²) in [6.45, 7) is 0. The lowest BCUT2D eigenvalue weighted by Crippen LogP contribution is -2.10. The van der Waals surface area contributed by atoms with Crippen LogP contribution < -0.4 is 4.90 Å². The molecule has 0 radical (unpaired) electrons. The van der Waals surface area contributed by atoms with Crippen molar-refractivity contribution in [3.8, 4) is 27.9 Å². The number of rotatable bonds is 6. The fourth-order valence-corrected chi connectivity index (χ4v) is 7.15. The smallest absolute Gasteiger partial charge is 0.0547 e. The van der Waals surface area contributed by atoms with Gasteiger partial charge in [-0.05, 0) is 82.2 Å². The maximum Gasteiger partial charge on any atom is 0.0547 e. The van der Waals surface area contributed by atoms with E-state index < -0.39 is 0 Å². The van der Waals surface area contributed by atoms with Crippen LogP contribution in [-0.2, 0) is 0 Å². The molecule has 0 bridgehead atoms. The third-order valence-electron chi connectivity index (χ3n) is 9.39. The van der Waals surface area contributed by atoms with Crippen LogP contribution in [0.4, 0.5) is 17.1 Å². The van der Waals surface area contributed by atoms with E-state index in [1.165, 1.54) is 54.8 Å². The zero-order valence-corrected chi connectivity index (χ0v) is 26.4. The molecule has 8 aromatic carbocycles. The maximum absolute atomic E-state index is 2.40. The summed E-state index contributed by atoms with van der Waals surface area (Å²) in [5, 5.41) is 4.97. The second-order valence-corrected chi connectivity index (χ2v) is 12.2. The number of benzene rings is 8. The van der Waals surface area contributed by atoms with Crippen molar-refractivity contribution in [3.63, 3.8) is 0 Å². The van der Waals surface area contributed by atoms with Crippen molar-refractivity contribution >= 4 is 49.6 Å². The van der Waals surface area contributed by atoms with Gasteiger partial charge in [-0.15, -0.1) is 0 Å². The Bertz CT molecular complexity index is 2430. The highest BCUT2D eigenvalue weighted by Crippen LogP contribution is 2.44. The molecule has 1 aromatic heterocycles. The van der Waals surface area contributed by atoms with E-state index in [9.17, 15) is 0 Å². The minimum Gasteiger partial charge on any atom is -0.310 e. The highest BCUT2D eigenvalue weighted by Gasteiger charge is 2.20. The lowest BCUT2D eigenvalue weighted by Gasteiger charge is -2.27. The van der Waals surface area contributed by atoms with Gasteiger partial charge in [0.2, 0.25) is 0 Å². The first kappa shape index (κ1) is 27.9. The van der Waals surface area contributed by atoms with Gasteiger partial charge >= 0.3 is 0 Å². The third-order valence-corrected chi connectivity index (χ3v) is 9.39. The summed E-state index contributed by atoms with van der Waals surface area (Å²) in [4.78, 5) is 2.40. The zero-order valence-electron chi connectivity index (χ0n) is 26.4. The fourth-order valence-electron chi connectivity index (χ4n) is 7.15. The van der Waals surface area contributed by atoms with Gasteiger partial charge in [0.25, 0.3) is 0 Å². The molecule has 1 heterocycles. The Kier molecular flexibility index (Phi) is 6.84. The number of nitrogens with zero attached hydrogens (tertiary/aromatic N) is 2. The van der Waals surface area contributed by atoms with E-state index in [-0.39, 0.29) is 0 Å². The highest BCUT2D eigenvalue weighted by molar-refractivity contribution is 6.23. The fraction of sp³-hybridized carbons (Fsp3) is 0. The monoisotopic (exact) mass is 612 g/mol. The van der Waals surface area contributed by atoms with E-state index in [2.05, 4.69) is 204 Å². The second-order valence-electron chi connectivity index (χ2n) is 12.2. The van der Waals surface area contributed by atoms with Crippen molar-refractivity contribution in [2.45, 2.75) is 0 Å². The van der Waals surface area contributed by atoms with Crippen LogP contribution in [-0.4, -0.2) is 4.57 Å². The van der Waals surface area contributed by atoms with Crippen LogP contribution in [0.2, 0.25) is 0 Å². The van der Waals surface area contributed by atoms with Gasteiger partial charge < -0.3 is 9.47 Å². The summed E-state index contributed by atoms with van der Waals surface area (Å²) in [6.07, 6.45) is 0. The summed E-state index contributed by atoms with van der Waals surface area (Å²) in [5.74, 6) is 0. The van der Waals surface area contributed by atoms with E-state index in [4.69, 9.17) is 0 Å². The summed E-state index contributed by atoms with van der Waals surface area (Å²) in [7, 11) is 0. The van der Waals surface area contributed by atoms with Gasteiger partial charge in [-0.25, -0.2) is 0 Å². The van der Waals surface area contributed by atoms with Crippen LogP contribution in [0.5, 0.6) is 0 Å². The van der Waals surface area contributed by atoms with Crippen molar-refractivity contribution in [1.82, 2.24) is 4.57 Å². The van der Waals surface area contributed by atoms with Crippen LogP contribution in [0.3, 0.4) is 0 Å². The molecule has 0 unspecified atom stereocenters. The van der Waals surface area contributed by atoms with Crippen LogP contribution in [0.15, 0.2) is 194 Å². The van der Waals surface area contributed by atoms with Crippen molar-refractivity contribution in [1.29, 1.82) is 0 Å². The number of aromatic nitrogens is 1. The molecule has 0 amide bonds. The lowest BCUT2D eigenvalue weighted by atomic mass is 10.00. The molecule has 9 aromatic rings. The van der Waals surface area contributed by atoms with Crippen LogP contribution in [0.1, 0.15) is 0 Å². The number of hydrogen-bond acceptors (Lipinski definition) is 1. The molecule has 2 nitrogen and oxygen atoms in total. The Morgan fingerprint density at radius 2 is 0.812 bits per heavy atom. The van der Waals surface area contributed by atoms with Gasteiger partial charge in [-0.1, -0.05) is 140 Å². The average molecular weight is 613 g/mol. The van der Waals surface area contributed by atoms with E-state index in [1.807, 2.05) is 0 Å². The molecule has 48 heavy (non-hydrogen) atoms. The molecular weight excluding hydrogens is 581 g/mol. The predicted molar refractivity (Wildman–Crippen MR) is 204 cm³/mol. The Morgan fingerprint density at radius 1 is 0.312 bits per heavy atom. The van der Waals surface area contributed by atoms with Gasteiger partial charge in [0, 0.05) is 33.2 Å². The lowest BCUT2D eigenvalue weighted by molar-refractivity contribution is 1.18. The first-order valence-electron chi connectivity index (χ1n) is 16.4. The second kappa shape index (κ2) is 11.8. The minimum absolute atomic E-state index is 1.11. The molecule has 0 aliphatic carbocycles. The number of anilines is 3. The molecule has 0 fully saturated rings. The zero-order chi connectivity index (χ0) is 31.9. The molecule has 0 spiro atoms. The van der Waals surface area contributed by atoms with Crippen LogP contribution >= 0.6 is 0 Å². The molecule has 0 saturated carbocycles. The van der Waals surface area contributed by atoms with Crippen molar-refractivity contribution in [3.05, 3.63) is 194 Å². The first-order valence-corrected chi connectivity index (χ1v) is 16.4. The van der Waals surface area contributed by atoms with Crippen molar-refractivity contribution in [2.24, 2.45) is 0 Å². The quantitative estimate of drug-likeness (QED) is 0.181. The standard InChI is InChI=1S/C46H32N2/c1-4-13-33(14-5-1)35-23-27-38(28-24-35)47(39-29-25-36(26-30-39)34-15-6-2-7-16-34)43-22-12-20-41-40(43)31-32-45-46(41)42-19-10-11-21-44(42)48(45)37-17-8-3-9-18-37/h1-32H. The summed E-state index contributed by atoms with van der Waals surface area (Å²) in [6, 6.07) is 69.8. The van der Waals surface area contributed by atoms with Gasteiger partial charge in [-0.3, -0.25) is 0 Å². The van der Waals surface area contributed by atoms with Crippen molar-refractivity contribution < 1.29 is 0 Å². The molecule has 2 heteroatoms. The summed E-state index contributed by atoms with van der Waals surface area (Å²) in [5.41, 5.74) is 11.8. The van der Waals surface area contributed by atoms with E-state index in [1.54, 1.807) is 0 Å². The molecule has 0 saturated heterocycles. The van der Waals surface area contributed by atoms with Gasteiger partial charge in [0.1, 0.15) is 0 Å². The molecule has 226 valence electrons. The minimum atomic E-state index is 1.11. The van der Waals surface area contributed by atoms with Crippen molar-refractivity contribution in [2.75, 3.05) is 4.90 Å². The summed E-state index contributed by atoms with van der Waals surface area (Å²) >= 11 is 0. The number of para-hydroxylation sites is 2. The Hall–Kier alpha value is -6.38. The molecular formula is C46H32N2. The summed E-state index contributed by atoms with van der Waals surface area (Å²) < 4.78 is 2.39. The maximum atomic E-state index is 2.40. The SMILES string of the molecule is c1ccc(-c2ccc(N(c3ccc(-c4ccccc4)cc3)c3cccc4c3ccc3c4c4ccccc4n3-c3ccccc3)cc2)cc1. The van der Waals surface area contributed by atoms with E-state index in [0.29, 0.717) is 0 Å². The van der Waals surface area contributed by atoms with E-state index in [0.717, 1.165) is 22.7 Å². The predicted octanol–water partition coefficient (Wildman–Crippen LogP) is 12.7. The highest BCUT2D eigenvalue weighted by atomic mass is 15.1. The van der Waals surface area contributed by atoms with Gasteiger partial charge in [-0.2, -0.15) is 0 Å². The topological polar surface area (TPSA) is 8.17 Å². The number of hydrogen-bond donors (Lipinski definition) is 0. The van der Waals surface area contributed by atoms with Gasteiger partial charge in [0.05, 0.1) is 16.7 Å². The molecule has 9 rings (SSSR count). The Labute approximate surface area is 280 Å². The van der Waals surface area contributed by atoms with Crippen LogP contribution in [0.25, 0.3) is 60.5 Å². The first-order chi connectivity index (χ1) is 23.8. The van der Waals surface area contributed by atoms with E-state index >= 15 is 0 Å². The molecule has 0 aliphatic heterocycles.